The minimum Gasteiger partial charge on any atom is -0.381 e. The molecule has 1 saturated carbocycles. The van der Waals surface area contributed by atoms with E-state index in [1.165, 1.54) is 6.20 Å². The first kappa shape index (κ1) is 21.4. The topological polar surface area (TPSA) is 124 Å². The molecule has 0 radical (unpaired) electrons. The summed E-state index contributed by atoms with van der Waals surface area (Å²) in [5.41, 5.74) is 1.00. The van der Waals surface area contributed by atoms with Crippen LogP contribution < -0.4 is 21.5 Å². The van der Waals surface area contributed by atoms with Crippen LogP contribution in [0.15, 0.2) is 35.4 Å². The summed E-state index contributed by atoms with van der Waals surface area (Å²) in [5, 5.41) is 13.6. The molecule has 2 atom stereocenters. The van der Waals surface area contributed by atoms with Crippen LogP contribution in [0.5, 0.6) is 0 Å². The molecule has 0 bridgehead atoms. The Labute approximate surface area is 190 Å². The Bertz CT molecular complexity index is 1230. The number of aromatic nitrogens is 4. The highest BCUT2D eigenvalue weighted by Crippen LogP contribution is 2.24. The van der Waals surface area contributed by atoms with E-state index in [2.05, 4.69) is 26.0 Å². The number of nitrogens with one attached hydrogen (secondary N) is 3. The van der Waals surface area contributed by atoms with E-state index in [0.717, 1.165) is 19.3 Å². The average Bonchev–Trinajstić information content (AvgIpc) is 3.41. The number of hydrogen-bond donors (Lipinski definition) is 3. The van der Waals surface area contributed by atoms with Gasteiger partial charge in [-0.2, -0.15) is 9.61 Å². The summed E-state index contributed by atoms with van der Waals surface area (Å²) in [4.78, 5) is 30.5. The van der Waals surface area contributed by atoms with Gasteiger partial charge >= 0.3 is 0 Å². The second kappa shape index (κ2) is 8.83. The molecule has 1 aliphatic heterocycles. The minimum atomic E-state index is -0.231. The zero-order valence-electron chi connectivity index (χ0n) is 18.6. The quantitative estimate of drug-likeness (QED) is 0.492. The molecule has 1 saturated heterocycles. The lowest BCUT2D eigenvalue weighted by Crippen LogP contribution is -2.37. The molecule has 1 amide bonds. The van der Waals surface area contributed by atoms with Crippen LogP contribution in [0.4, 0.5) is 17.3 Å². The third-order valence-electron chi connectivity index (χ3n) is 6.28. The summed E-state index contributed by atoms with van der Waals surface area (Å²) in [6.45, 7) is 1.05. The van der Waals surface area contributed by atoms with Crippen molar-refractivity contribution in [1.82, 2.24) is 24.5 Å². The Morgan fingerprint density at radius 1 is 1.30 bits per heavy atom. The maximum Gasteiger partial charge on any atom is 0.274 e. The molecule has 11 heteroatoms. The van der Waals surface area contributed by atoms with Crippen molar-refractivity contribution in [2.45, 2.75) is 37.5 Å². The number of anilines is 3. The highest BCUT2D eigenvalue weighted by Gasteiger charge is 2.27. The number of amides is 1. The van der Waals surface area contributed by atoms with Crippen LogP contribution in [-0.2, 0) is 9.47 Å². The van der Waals surface area contributed by atoms with Gasteiger partial charge in [-0.25, -0.2) is 4.98 Å². The number of pyridine rings is 1. The van der Waals surface area contributed by atoms with Gasteiger partial charge in [0.1, 0.15) is 22.9 Å². The molecule has 4 heterocycles. The fourth-order valence-corrected chi connectivity index (χ4v) is 4.33. The lowest BCUT2D eigenvalue weighted by Gasteiger charge is -2.28. The predicted octanol–water partition coefficient (Wildman–Crippen LogP) is 1.54. The molecule has 2 fully saturated rings. The fraction of sp³-hybridized carbons (Fsp3) is 0.455. The Balaban J connectivity index is 1.44. The summed E-state index contributed by atoms with van der Waals surface area (Å²) in [6, 6.07) is 5.36. The molecule has 11 nitrogen and oxygen atoms in total. The van der Waals surface area contributed by atoms with Gasteiger partial charge in [0.05, 0.1) is 31.6 Å². The van der Waals surface area contributed by atoms with Crippen molar-refractivity contribution in [2.24, 2.45) is 0 Å². The van der Waals surface area contributed by atoms with Crippen LogP contribution in [0.1, 0.15) is 35.7 Å². The summed E-state index contributed by atoms with van der Waals surface area (Å²) in [7, 11) is 3.45. The number of rotatable bonds is 7. The van der Waals surface area contributed by atoms with Crippen LogP contribution in [-0.4, -0.2) is 64.6 Å². The third-order valence-corrected chi connectivity index (χ3v) is 6.28. The van der Waals surface area contributed by atoms with Crippen molar-refractivity contribution >= 4 is 28.9 Å². The minimum absolute atomic E-state index is 0.0426. The van der Waals surface area contributed by atoms with E-state index in [9.17, 15) is 9.59 Å². The van der Waals surface area contributed by atoms with Crippen molar-refractivity contribution in [3.05, 3.63) is 46.5 Å². The van der Waals surface area contributed by atoms with Crippen LogP contribution in [0.25, 0.3) is 5.65 Å². The van der Waals surface area contributed by atoms with E-state index in [1.807, 2.05) is 6.07 Å². The summed E-state index contributed by atoms with van der Waals surface area (Å²) in [6.07, 6.45) is 6.02. The normalized spacial score (nSPS) is 20.5. The van der Waals surface area contributed by atoms with Gasteiger partial charge in [-0.05, 0) is 31.4 Å². The van der Waals surface area contributed by atoms with Crippen molar-refractivity contribution in [1.29, 1.82) is 0 Å². The molecular formula is C22H27N7O4. The third kappa shape index (κ3) is 4.05. The zero-order valence-corrected chi connectivity index (χ0v) is 18.6. The van der Waals surface area contributed by atoms with Crippen molar-refractivity contribution < 1.29 is 14.3 Å². The highest BCUT2D eigenvalue weighted by molar-refractivity contribution is 6.00. The second-order valence-corrected chi connectivity index (χ2v) is 8.36. The fourth-order valence-electron chi connectivity index (χ4n) is 4.33. The number of fused-ring (bicyclic) bond motifs is 1. The molecule has 5 rings (SSSR count). The molecule has 174 valence electrons. The molecule has 0 spiro atoms. The number of hydrogen-bond acceptors (Lipinski definition) is 8. The van der Waals surface area contributed by atoms with Gasteiger partial charge in [-0.15, -0.1) is 0 Å². The van der Waals surface area contributed by atoms with E-state index in [1.54, 1.807) is 41.6 Å². The van der Waals surface area contributed by atoms with Gasteiger partial charge in [0.15, 0.2) is 5.65 Å². The number of nitrogens with zero attached hydrogens (tertiary/aromatic N) is 4. The summed E-state index contributed by atoms with van der Waals surface area (Å²) in [5.74, 6) is 0.831. The molecule has 1 aliphatic carbocycles. The highest BCUT2D eigenvalue weighted by atomic mass is 16.5. The number of ether oxygens (including phenoxy) is 2. The van der Waals surface area contributed by atoms with Crippen LogP contribution in [0, 0.1) is 0 Å². The first-order valence-corrected chi connectivity index (χ1v) is 11.0. The van der Waals surface area contributed by atoms with E-state index in [4.69, 9.17) is 9.47 Å². The van der Waals surface area contributed by atoms with Crippen LogP contribution in [0.2, 0.25) is 0 Å². The first-order chi connectivity index (χ1) is 16.1. The molecule has 3 aromatic rings. The van der Waals surface area contributed by atoms with Gasteiger partial charge < -0.3 is 30.0 Å². The molecule has 0 aromatic carbocycles. The molecule has 0 unspecified atom stereocenters. The van der Waals surface area contributed by atoms with E-state index in [-0.39, 0.29) is 29.7 Å². The van der Waals surface area contributed by atoms with E-state index < -0.39 is 0 Å². The molecule has 2 aliphatic rings. The number of carbonyl (C=O) groups is 1. The SMILES string of the molecule is CNc1cc(Nc2cccn(C3COC3)c2=O)nc2c(C(=O)N[C@@H]3CC[C@@H](OC)C3)cnn12. The summed E-state index contributed by atoms with van der Waals surface area (Å²) < 4.78 is 13.8. The summed E-state index contributed by atoms with van der Waals surface area (Å²) >= 11 is 0. The van der Waals surface area contributed by atoms with E-state index in [0.29, 0.717) is 41.7 Å². The van der Waals surface area contributed by atoms with Crippen molar-refractivity contribution in [3.8, 4) is 0 Å². The van der Waals surface area contributed by atoms with Crippen molar-refractivity contribution in [2.75, 3.05) is 38.0 Å². The second-order valence-electron chi connectivity index (χ2n) is 8.36. The molecule has 33 heavy (non-hydrogen) atoms. The van der Waals surface area contributed by atoms with E-state index >= 15 is 0 Å². The monoisotopic (exact) mass is 453 g/mol. The largest absolute Gasteiger partial charge is 0.381 e. The van der Waals surface area contributed by atoms with Crippen LogP contribution in [0.3, 0.4) is 0 Å². The molecular weight excluding hydrogens is 426 g/mol. The Morgan fingerprint density at radius 2 is 2.15 bits per heavy atom. The van der Waals surface area contributed by atoms with Gasteiger partial charge in [0.2, 0.25) is 0 Å². The zero-order chi connectivity index (χ0) is 22.9. The smallest absolute Gasteiger partial charge is 0.274 e. The van der Waals surface area contributed by atoms with Gasteiger partial charge in [-0.1, -0.05) is 0 Å². The first-order valence-electron chi connectivity index (χ1n) is 11.0. The lowest BCUT2D eigenvalue weighted by molar-refractivity contribution is -0.0247. The number of methoxy groups -OCH3 is 1. The Hall–Kier alpha value is -3.44. The molecule has 3 aromatic heterocycles. The van der Waals surface area contributed by atoms with Gasteiger partial charge in [0.25, 0.3) is 11.5 Å². The maximum atomic E-state index is 13.0. The Kier molecular flexibility index (Phi) is 5.73. The maximum absolute atomic E-state index is 13.0. The lowest BCUT2D eigenvalue weighted by atomic mass is 10.2. The van der Waals surface area contributed by atoms with Gasteiger partial charge in [0, 0.05) is 32.5 Å². The standard InChI is InChI=1S/C22H27N7O4/c1-23-19-9-18(26-17-4-3-7-28(22(17)31)14-11-33-12-14)27-20-16(10-24-29(19)20)21(30)25-13-5-6-15(8-13)32-2/h3-4,7,9-10,13-15,23H,5-6,8,11-12H2,1-2H3,(H,25,30)(H,26,27)/t13-,15-/m1/s1. The van der Waals surface area contributed by atoms with Crippen LogP contribution >= 0.6 is 0 Å². The molecule has 3 N–H and O–H groups in total. The van der Waals surface area contributed by atoms with Crippen molar-refractivity contribution in [3.63, 3.8) is 0 Å². The Morgan fingerprint density at radius 3 is 2.85 bits per heavy atom. The average molecular weight is 454 g/mol. The predicted molar refractivity (Wildman–Crippen MR) is 122 cm³/mol. The van der Waals surface area contributed by atoms with Gasteiger partial charge in [-0.3, -0.25) is 9.59 Å². The number of carbonyl (C=O) groups excluding carboxylic acids is 1.